The van der Waals surface area contributed by atoms with Crippen molar-refractivity contribution in [3.63, 3.8) is 0 Å². The second-order valence-corrected chi connectivity index (χ2v) is 8.81. The predicted molar refractivity (Wildman–Crippen MR) is 105 cm³/mol. The molecule has 0 aromatic carbocycles. The molecule has 0 saturated heterocycles. The lowest BCUT2D eigenvalue weighted by molar-refractivity contribution is -0.142. The summed E-state index contributed by atoms with van der Waals surface area (Å²) in [6, 6.07) is 0. The third kappa shape index (κ3) is 7.20. The molecule has 0 amide bonds. The molecule has 2 aliphatic carbocycles. The van der Waals surface area contributed by atoms with Gasteiger partial charge in [-0.2, -0.15) is 0 Å². The first-order valence-electron chi connectivity index (χ1n) is 10.7. The summed E-state index contributed by atoms with van der Waals surface area (Å²) in [5.74, 6) is 1.31. The zero-order valence-corrected chi connectivity index (χ0v) is 16.9. The van der Waals surface area contributed by atoms with Crippen molar-refractivity contribution in [2.45, 2.75) is 77.4 Å². The molecule has 27 heavy (non-hydrogen) atoms. The van der Waals surface area contributed by atoms with Gasteiger partial charge in [-0.1, -0.05) is 45.3 Å². The first-order chi connectivity index (χ1) is 12.9. The summed E-state index contributed by atoms with van der Waals surface area (Å²) in [6.45, 7) is 4.65. The molecule has 2 saturated carbocycles. The Balaban J connectivity index is 1.77. The van der Waals surface area contributed by atoms with Gasteiger partial charge in [0.15, 0.2) is 0 Å². The molecule has 0 radical (unpaired) electrons. The Morgan fingerprint density at radius 1 is 1.30 bits per heavy atom. The van der Waals surface area contributed by atoms with Gasteiger partial charge in [-0.05, 0) is 55.8 Å². The van der Waals surface area contributed by atoms with E-state index in [0.717, 1.165) is 38.5 Å². The fraction of sp³-hybridized carbons (Fsp3) is 0.864. The average molecular weight is 383 g/mol. The van der Waals surface area contributed by atoms with Crippen LogP contribution in [0.5, 0.6) is 0 Å². The maximum Gasteiger partial charge on any atom is 0.329 e. The van der Waals surface area contributed by atoms with Gasteiger partial charge in [0.2, 0.25) is 0 Å². The van der Waals surface area contributed by atoms with Gasteiger partial charge in [-0.3, -0.25) is 0 Å². The predicted octanol–water partition coefficient (Wildman–Crippen LogP) is 3.63. The SMILES string of the molecule is CCCC[C@H](C)C[C@H](O)/C=C/[C@@H]1[C@H]2C[C@H](CCOCC(=O)O)C[C@H]2C[C@@H]1O. The number of fused-ring (bicyclic) bond motifs is 1. The van der Waals surface area contributed by atoms with E-state index in [0.29, 0.717) is 30.3 Å². The largest absolute Gasteiger partial charge is 0.480 e. The third-order valence-corrected chi connectivity index (χ3v) is 6.48. The molecular weight excluding hydrogens is 344 g/mol. The number of hydrogen-bond donors (Lipinski definition) is 3. The summed E-state index contributed by atoms with van der Waals surface area (Å²) in [4.78, 5) is 10.5. The highest BCUT2D eigenvalue weighted by molar-refractivity contribution is 5.67. The van der Waals surface area contributed by atoms with E-state index < -0.39 is 12.1 Å². The Kier molecular flexibility index (Phi) is 9.27. The van der Waals surface area contributed by atoms with Gasteiger partial charge in [0.1, 0.15) is 6.61 Å². The maximum absolute atomic E-state index is 10.5. The topological polar surface area (TPSA) is 87.0 Å². The van der Waals surface area contributed by atoms with Gasteiger partial charge < -0.3 is 20.1 Å². The lowest BCUT2D eigenvalue weighted by Gasteiger charge is -2.20. The van der Waals surface area contributed by atoms with Crippen LogP contribution in [0.25, 0.3) is 0 Å². The van der Waals surface area contributed by atoms with Crippen LogP contribution in [0, 0.1) is 29.6 Å². The number of rotatable bonds is 12. The van der Waals surface area contributed by atoms with Gasteiger partial charge in [0.05, 0.1) is 12.2 Å². The van der Waals surface area contributed by atoms with Gasteiger partial charge in [0, 0.05) is 12.5 Å². The van der Waals surface area contributed by atoms with Gasteiger partial charge in [0.25, 0.3) is 0 Å². The van der Waals surface area contributed by atoms with E-state index in [2.05, 4.69) is 19.9 Å². The minimum Gasteiger partial charge on any atom is -0.480 e. The lowest BCUT2D eigenvalue weighted by atomic mass is 9.89. The molecule has 0 heterocycles. The Morgan fingerprint density at radius 3 is 2.78 bits per heavy atom. The van der Waals surface area contributed by atoms with Crippen molar-refractivity contribution in [3.8, 4) is 0 Å². The number of carboxylic acid groups (broad SMARTS) is 1. The van der Waals surface area contributed by atoms with Gasteiger partial charge in [-0.25, -0.2) is 4.79 Å². The molecule has 0 unspecified atom stereocenters. The number of carboxylic acids is 1. The first-order valence-corrected chi connectivity index (χ1v) is 10.7. The summed E-state index contributed by atoms with van der Waals surface area (Å²) < 4.78 is 5.17. The number of aliphatic carboxylic acids is 1. The highest BCUT2D eigenvalue weighted by Crippen LogP contribution is 2.51. The molecule has 5 nitrogen and oxygen atoms in total. The number of ether oxygens (including phenoxy) is 1. The van der Waals surface area contributed by atoms with E-state index in [4.69, 9.17) is 9.84 Å². The molecule has 0 bridgehead atoms. The number of aliphatic hydroxyl groups excluding tert-OH is 2. The van der Waals surface area contributed by atoms with Crippen LogP contribution in [-0.2, 0) is 9.53 Å². The molecule has 0 aromatic heterocycles. The van der Waals surface area contributed by atoms with E-state index >= 15 is 0 Å². The minimum absolute atomic E-state index is 0.139. The molecule has 0 aromatic rings. The monoisotopic (exact) mass is 382 g/mol. The van der Waals surface area contributed by atoms with E-state index in [1.54, 1.807) is 0 Å². The van der Waals surface area contributed by atoms with Crippen molar-refractivity contribution in [1.29, 1.82) is 0 Å². The standard InChI is InChI=1S/C22H38O5/c1-3-4-5-15(2)10-18(23)6-7-19-20-12-16(8-9-27-14-22(25)26)11-17(20)13-21(19)24/h6-7,15-21,23-24H,3-5,8-14H2,1-2H3,(H,25,26)/b7-6+/t15-,16+,17-,18+,19+,20-,21-/m0/s1. The van der Waals surface area contributed by atoms with Crippen LogP contribution in [0.3, 0.4) is 0 Å². The summed E-state index contributed by atoms with van der Waals surface area (Å²) in [5, 5.41) is 29.4. The van der Waals surface area contributed by atoms with Crippen LogP contribution in [-0.4, -0.2) is 46.7 Å². The fourth-order valence-electron chi connectivity index (χ4n) is 5.11. The molecule has 2 fully saturated rings. The number of aliphatic hydroxyl groups is 2. The van der Waals surface area contributed by atoms with E-state index in [-0.39, 0.29) is 18.6 Å². The number of hydrogen-bond acceptors (Lipinski definition) is 4. The maximum atomic E-state index is 10.5. The summed E-state index contributed by atoms with van der Waals surface area (Å²) in [5.41, 5.74) is 0. The highest BCUT2D eigenvalue weighted by Gasteiger charge is 2.46. The molecule has 0 spiro atoms. The second-order valence-electron chi connectivity index (χ2n) is 8.81. The normalized spacial score (nSPS) is 32.7. The van der Waals surface area contributed by atoms with Crippen LogP contribution < -0.4 is 0 Å². The van der Waals surface area contributed by atoms with E-state index in [9.17, 15) is 15.0 Å². The molecule has 5 heteroatoms. The Labute approximate surface area is 163 Å². The van der Waals surface area contributed by atoms with E-state index in [1.165, 1.54) is 12.8 Å². The van der Waals surface area contributed by atoms with Crippen LogP contribution in [0.4, 0.5) is 0 Å². The van der Waals surface area contributed by atoms with Crippen LogP contribution in [0.2, 0.25) is 0 Å². The number of carbonyl (C=O) groups is 1. The van der Waals surface area contributed by atoms with Crippen molar-refractivity contribution in [2.24, 2.45) is 29.6 Å². The van der Waals surface area contributed by atoms with Crippen molar-refractivity contribution in [3.05, 3.63) is 12.2 Å². The van der Waals surface area contributed by atoms with Crippen LogP contribution >= 0.6 is 0 Å². The fourth-order valence-corrected chi connectivity index (χ4v) is 5.11. The Morgan fingerprint density at radius 2 is 2.07 bits per heavy atom. The quantitative estimate of drug-likeness (QED) is 0.354. The van der Waals surface area contributed by atoms with Crippen molar-refractivity contribution < 1.29 is 24.9 Å². The van der Waals surface area contributed by atoms with Crippen molar-refractivity contribution in [2.75, 3.05) is 13.2 Å². The molecule has 0 aliphatic heterocycles. The Bertz CT molecular complexity index is 477. The highest BCUT2D eigenvalue weighted by atomic mass is 16.5. The third-order valence-electron chi connectivity index (χ3n) is 6.48. The summed E-state index contributed by atoms with van der Waals surface area (Å²) in [6.07, 6.45) is 11.5. The molecule has 156 valence electrons. The second kappa shape index (κ2) is 11.2. The van der Waals surface area contributed by atoms with Gasteiger partial charge >= 0.3 is 5.97 Å². The van der Waals surface area contributed by atoms with Crippen molar-refractivity contribution in [1.82, 2.24) is 0 Å². The first kappa shape index (κ1) is 22.4. The molecule has 2 aliphatic rings. The van der Waals surface area contributed by atoms with Gasteiger partial charge in [-0.15, -0.1) is 0 Å². The van der Waals surface area contributed by atoms with E-state index in [1.807, 2.05) is 6.08 Å². The zero-order chi connectivity index (χ0) is 19.8. The lowest BCUT2D eigenvalue weighted by Crippen LogP contribution is -2.19. The smallest absolute Gasteiger partial charge is 0.329 e. The Hall–Kier alpha value is -0.910. The van der Waals surface area contributed by atoms with Crippen LogP contribution in [0.15, 0.2) is 12.2 Å². The summed E-state index contributed by atoms with van der Waals surface area (Å²) >= 11 is 0. The minimum atomic E-state index is -0.922. The molecule has 7 atom stereocenters. The zero-order valence-electron chi connectivity index (χ0n) is 16.9. The van der Waals surface area contributed by atoms with Crippen LogP contribution in [0.1, 0.15) is 65.2 Å². The molecule has 3 N–H and O–H groups in total. The molecule has 2 rings (SSSR count). The van der Waals surface area contributed by atoms with Crippen molar-refractivity contribution >= 4 is 5.97 Å². The molecular formula is C22H38O5. The summed E-state index contributed by atoms with van der Waals surface area (Å²) in [7, 11) is 0. The average Bonchev–Trinajstić information content (AvgIpc) is 3.11. The number of unbranched alkanes of at least 4 members (excludes halogenated alkanes) is 1.